The van der Waals surface area contributed by atoms with E-state index in [1.54, 1.807) is 5.57 Å². The summed E-state index contributed by atoms with van der Waals surface area (Å²) in [4.78, 5) is 0. The van der Waals surface area contributed by atoms with Crippen LogP contribution in [0.4, 0.5) is 0 Å². The van der Waals surface area contributed by atoms with E-state index in [1.807, 2.05) is 25.1 Å². The highest BCUT2D eigenvalue weighted by Crippen LogP contribution is 2.67. The van der Waals surface area contributed by atoms with E-state index in [0.29, 0.717) is 23.7 Å². The number of rotatable bonds is 3. The predicted molar refractivity (Wildman–Crippen MR) is 122 cm³/mol. The van der Waals surface area contributed by atoms with Crippen LogP contribution in [0, 0.1) is 34.5 Å². The normalized spacial score (nSPS) is 45.0. The van der Waals surface area contributed by atoms with E-state index in [0.717, 1.165) is 24.3 Å². The van der Waals surface area contributed by atoms with Crippen molar-refractivity contribution in [1.29, 1.82) is 0 Å². The molecule has 3 fully saturated rings. The van der Waals surface area contributed by atoms with Crippen molar-refractivity contribution in [3.63, 3.8) is 0 Å². The van der Waals surface area contributed by atoms with Crippen molar-refractivity contribution in [1.82, 2.24) is 0 Å². The van der Waals surface area contributed by atoms with E-state index in [4.69, 9.17) is 0 Å². The van der Waals surface area contributed by atoms with Gasteiger partial charge in [-0.1, -0.05) is 62.2 Å². The van der Waals surface area contributed by atoms with Crippen molar-refractivity contribution in [3.05, 3.63) is 47.5 Å². The summed E-state index contributed by atoms with van der Waals surface area (Å²) < 4.78 is 0. The van der Waals surface area contributed by atoms with Crippen molar-refractivity contribution >= 4 is 0 Å². The lowest BCUT2D eigenvalue weighted by atomic mass is 9.47. The molecule has 4 aliphatic carbocycles. The summed E-state index contributed by atoms with van der Waals surface area (Å²) in [5, 5.41) is 23.0. The molecule has 2 nitrogen and oxygen atoms in total. The highest BCUT2D eigenvalue weighted by Gasteiger charge is 2.63. The molecule has 0 spiro atoms. The van der Waals surface area contributed by atoms with E-state index in [1.165, 1.54) is 38.5 Å². The van der Waals surface area contributed by atoms with Crippen LogP contribution in [0.15, 0.2) is 42.0 Å². The first-order valence-electron chi connectivity index (χ1n) is 12.4. The molecule has 30 heavy (non-hydrogen) atoms. The van der Waals surface area contributed by atoms with Crippen LogP contribution in [0.25, 0.3) is 0 Å². The molecule has 0 bridgehead atoms. The summed E-state index contributed by atoms with van der Waals surface area (Å²) in [6.07, 6.45) is 12.7. The van der Waals surface area contributed by atoms with E-state index in [-0.39, 0.29) is 11.3 Å². The average Bonchev–Trinajstić information content (AvgIpc) is 2.98. The molecule has 5 rings (SSSR count). The average molecular weight is 409 g/mol. The molecule has 0 radical (unpaired) electrons. The highest BCUT2D eigenvalue weighted by molar-refractivity contribution is 5.26. The van der Waals surface area contributed by atoms with Gasteiger partial charge in [-0.3, -0.25) is 0 Å². The maximum atomic E-state index is 11.7. The summed E-state index contributed by atoms with van der Waals surface area (Å²) in [6.45, 7) is 6.93. The van der Waals surface area contributed by atoms with Gasteiger partial charge in [0.05, 0.1) is 11.7 Å². The fourth-order valence-corrected chi connectivity index (χ4v) is 8.96. The Morgan fingerprint density at radius 3 is 2.60 bits per heavy atom. The first kappa shape index (κ1) is 20.8. The van der Waals surface area contributed by atoms with Crippen molar-refractivity contribution in [2.24, 2.45) is 34.5 Å². The van der Waals surface area contributed by atoms with Crippen LogP contribution in [-0.4, -0.2) is 21.9 Å². The standard InChI is InChI=1S/C28H40O2/c1-26-15-8-7-11-20(26)12-13-21-22(26)14-16-27(2)23(21)17-24(29)25(27)28(3,30)18-19-9-5-4-6-10-19/h4-6,9-10,12,21-25,29-30H,7-8,11,13-18H2,1-3H3/t21-,22+,23+,24?,25+,26+,27+,28+/m1/s1. The zero-order chi connectivity index (χ0) is 21.1. The van der Waals surface area contributed by atoms with Gasteiger partial charge in [0, 0.05) is 12.3 Å². The molecular formula is C28H40O2. The smallest absolute Gasteiger partial charge is 0.0717 e. The number of benzene rings is 1. The molecule has 0 aliphatic heterocycles. The van der Waals surface area contributed by atoms with Crippen LogP contribution in [0.1, 0.15) is 77.7 Å². The third-order valence-electron chi connectivity index (χ3n) is 10.1. The van der Waals surface area contributed by atoms with Gasteiger partial charge in [-0.25, -0.2) is 0 Å². The summed E-state index contributed by atoms with van der Waals surface area (Å²) in [5.41, 5.74) is 2.43. The number of fused-ring (bicyclic) bond motifs is 5. The molecule has 1 aromatic rings. The molecule has 164 valence electrons. The van der Waals surface area contributed by atoms with Crippen LogP contribution in [-0.2, 0) is 6.42 Å². The van der Waals surface area contributed by atoms with E-state index >= 15 is 0 Å². The molecular weight excluding hydrogens is 368 g/mol. The van der Waals surface area contributed by atoms with Crippen LogP contribution in [0.3, 0.4) is 0 Å². The monoisotopic (exact) mass is 408 g/mol. The van der Waals surface area contributed by atoms with Crippen LogP contribution >= 0.6 is 0 Å². The maximum Gasteiger partial charge on any atom is 0.0717 e. The van der Waals surface area contributed by atoms with Crippen molar-refractivity contribution < 1.29 is 10.2 Å². The Kier molecular flexibility index (Phi) is 4.99. The zero-order valence-electron chi connectivity index (χ0n) is 19.1. The predicted octanol–water partition coefficient (Wildman–Crippen LogP) is 5.92. The molecule has 0 saturated heterocycles. The van der Waals surface area contributed by atoms with Gasteiger partial charge in [-0.15, -0.1) is 0 Å². The van der Waals surface area contributed by atoms with E-state index in [9.17, 15) is 10.2 Å². The Balaban J connectivity index is 1.45. The molecule has 1 aromatic carbocycles. The van der Waals surface area contributed by atoms with Gasteiger partial charge in [0.25, 0.3) is 0 Å². The fourth-order valence-electron chi connectivity index (χ4n) is 8.96. The summed E-state index contributed by atoms with van der Waals surface area (Å²) in [5.74, 6) is 1.90. The van der Waals surface area contributed by atoms with Gasteiger partial charge in [-0.2, -0.15) is 0 Å². The molecule has 0 heterocycles. The largest absolute Gasteiger partial charge is 0.393 e. The minimum atomic E-state index is -0.887. The Bertz CT molecular complexity index is 811. The molecule has 2 N–H and O–H groups in total. The second-order valence-corrected chi connectivity index (χ2v) is 11.8. The molecule has 3 saturated carbocycles. The molecule has 2 heteroatoms. The Labute approximate surface area is 182 Å². The zero-order valence-corrected chi connectivity index (χ0v) is 19.1. The van der Waals surface area contributed by atoms with Gasteiger partial charge >= 0.3 is 0 Å². The SMILES string of the molecule is C[C@]12CC[C@H]3[C@@H](CC=C4CCCC[C@@]43C)[C@@H]1CC(O)[C@@H]2[C@@](C)(O)Cc1ccccc1. The Morgan fingerprint density at radius 2 is 1.83 bits per heavy atom. The Hall–Kier alpha value is -1.12. The second kappa shape index (κ2) is 7.20. The number of allylic oxidation sites excluding steroid dienone is 2. The second-order valence-electron chi connectivity index (χ2n) is 11.8. The topological polar surface area (TPSA) is 40.5 Å². The number of aliphatic hydroxyl groups excluding tert-OH is 1. The third-order valence-corrected chi connectivity index (χ3v) is 10.1. The van der Waals surface area contributed by atoms with E-state index in [2.05, 4.69) is 32.1 Å². The molecule has 0 aromatic heterocycles. The van der Waals surface area contributed by atoms with Gasteiger partial charge < -0.3 is 10.2 Å². The molecule has 1 unspecified atom stereocenters. The first-order chi connectivity index (χ1) is 14.3. The van der Waals surface area contributed by atoms with E-state index < -0.39 is 11.7 Å². The van der Waals surface area contributed by atoms with Crippen molar-refractivity contribution in [2.75, 3.05) is 0 Å². The summed E-state index contributed by atoms with van der Waals surface area (Å²) in [6, 6.07) is 10.3. The number of hydrogen-bond donors (Lipinski definition) is 2. The van der Waals surface area contributed by atoms with Crippen molar-refractivity contribution in [2.45, 2.75) is 90.3 Å². The lowest BCUT2D eigenvalue weighted by Crippen LogP contribution is -2.54. The van der Waals surface area contributed by atoms with Crippen LogP contribution in [0.5, 0.6) is 0 Å². The highest BCUT2D eigenvalue weighted by atomic mass is 16.3. The van der Waals surface area contributed by atoms with Crippen LogP contribution < -0.4 is 0 Å². The van der Waals surface area contributed by atoms with Gasteiger partial charge in [0.2, 0.25) is 0 Å². The van der Waals surface area contributed by atoms with Gasteiger partial charge in [-0.05, 0) is 86.0 Å². The summed E-state index contributed by atoms with van der Waals surface area (Å²) in [7, 11) is 0. The fraction of sp³-hybridized carbons (Fsp3) is 0.714. The summed E-state index contributed by atoms with van der Waals surface area (Å²) >= 11 is 0. The molecule has 4 aliphatic rings. The number of aliphatic hydroxyl groups is 2. The quantitative estimate of drug-likeness (QED) is 0.610. The van der Waals surface area contributed by atoms with Gasteiger partial charge in [0.15, 0.2) is 0 Å². The minimum absolute atomic E-state index is 0.0230. The van der Waals surface area contributed by atoms with Gasteiger partial charge in [0.1, 0.15) is 0 Å². The third kappa shape index (κ3) is 3.05. The maximum absolute atomic E-state index is 11.7. The lowest BCUT2D eigenvalue weighted by Gasteiger charge is -2.58. The first-order valence-corrected chi connectivity index (χ1v) is 12.4. The molecule has 8 atom stereocenters. The number of hydrogen-bond acceptors (Lipinski definition) is 2. The lowest BCUT2D eigenvalue weighted by molar-refractivity contribution is -0.118. The Morgan fingerprint density at radius 1 is 1.07 bits per heavy atom. The van der Waals surface area contributed by atoms with Crippen LogP contribution in [0.2, 0.25) is 0 Å². The minimum Gasteiger partial charge on any atom is -0.393 e. The van der Waals surface area contributed by atoms with Crippen molar-refractivity contribution in [3.8, 4) is 0 Å². The molecule has 0 amide bonds.